The third kappa shape index (κ3) is 2.43. The van der Waals surface area contributed by atoms with Crippen molar-refractivity contribution in [2.24, 2.45) is 0 Å². The zero-order chi connectivity index (χ0) is 11.4. The van der Waals surface area contributed by atoms with Crippen molar-refractivity contribution in [1.29, 1.82) is 0 Å². The van der Waals surface area contributed by atoms with Gasteiger partial charge in [0.25, 0.3) is 0 Å². The van der Waals surface area contributed by atoms with Gasteiger partial charge >= 0.3 is 0 Å². The largest absolute Gasteiger partial charge is 0.357 e. The molecular weight excluding hydrogens is 200 g/mol. The Kier molecular flexibility index (Phi) is 3.59. The predicted molar refractivity (Wildman–Crippen MR) is 66.9 cm³/mol. The van der Waals surface area contributed by atoms with Crippen LogP contribution in [0.5, 0.6) is 0 Å². The molecule has 0 spiro atoms. The molecule has 16 heavy (non-hydrogen) atoms. The molecule has 0 amide bonds. The first-order chi connectivity index (χ1) is 7.81. The minimum Gasteiger partial charge on any atom is -0.357 e. The summed E-state index contributed by atoms with van der Waals surface area (Å²) in [6, 6.07) is 2.59. The van der Waals surface area contributed by atoms with Crippen LogP contribution >= 0.6 is 0 Å². The fourth-order valence-corrected chi connectivity index (χ4v) is 2.24. The minimum atomic E-state index is 0.585. The quantitative estimate of drug-likeness (QED) is 0.830. The molecule has 4 heteroatoms. The minimum absolute atomic E-state index is 0.585. The van der Waals surface area contributed by atoms with Crippen molar-refractivity contribution in [3.8, 4) is 0 Å². The van der Waals surface area contributed by atoms with Crippen LogP contribution in [-0.2, 0) is 0 Å². The molecule has 1 unspecified atom stereocenters. The summed E-state index contributed by atoms with van der Waals surface area (Å²) < 4.78 is 0. The number of aromatic nitrogens is 2. The maximum absolute atomic E-state index is 4.51. The number of hydrogen-bond donors (Lipinski definition) is 1. The molecule has 0 aliphatic carbocycles. The predicted octanol–water partition coefficient (Wildman–Crippen LogP) is 2.29. The molecule has 0 saturated carbocycles. The molecule has 1 fully saturated rings. The van der Waals surface area contributed by atoms with Gasteiger partial charge in [-0.2, -0.15) is 4.98 Å². The molecule has 1 N–H and O–H groups in total. The maximum Gasteiger partial charge on any atom is 0.224 e. The molecule has 1 aromatic rings. The van der Waals surface area contributed by atoms with Crippen molar-refractivity contribution in [3.05, 3.63) is 12.3 Å². The van der Waals surface area contributed by atoms with Crippen LogP contribution in [0.2, 0.25) is 0 Å². The van der Waals surface area contributed by atoms with Gasteiger partial charge in [0, 0.05) is 25.8 Å². The average molecular weight is 220 g/mol. The van der Waals surface area contributed by atoms with Gasteiger partial charge in [0.05, 0.1) is 0 Å². The second kappa shape index (κ2) is 5.14. The number of anilines is 2. The highest BCUT2D eigenvalue weighted by Gasteiger charge is 2.18. The van der Waals surface area contributed by atoms with E-state index in [0.29, 0.717) is 12.0 Å². The van der Waals surface area contributed by atoms with Gasteiger partial charge < -0.3 is 10.2 Å². The molecule has 4 nitrogen and oxygen atoms in total. The number of rotatable bonds is 2. The van der Waals surface area contributed by atoms with Gasteiger partial charge in [0.15, 0.2) is 0 Å². The van der Waals surface area contributed by atoms with E-state index in [-0.39, 0.29) is 0 Å². The van der Waals surface area contributed by atoms with Crippen molar-refractivity contribution in [2.75, 3.05) is 23.8 Å². The Labute approximate surface area is 97.1 Å². The zero-order valence-electron chi connectivity index (χ0n) is 10.1. The van der Waals surface area contributed by atoms with Crippen LogP contribution in [0, 0.1) is 0 Å². The molecule has 1 aliphatic heterocycles. The van der Waals surface area contributed by atoms with Gasteiger partial charge in [0.1, 0.15) is 5.82 Å². The van der Waals surface area contributed by atoms with E-state index in [9.17, 15) is 0 Å². The molecule has 1 atom stereocenters. The fourth-order valence-electron chi connectivity index (χ4n) is 2.24. The fraction of sp³-hybridized carbons (Fsp3) is 0.667. The summed E-state index contributed by atoms with van der Waals surface area (Å²) in [6.07, 6.45) is 7.03. The number of hydrogen-bond acceptors (Lipinski definition) is 4. The molecular formula is C12H20N4. The Morgan fingerprint density at radius 2 is 2.25 bits per heavy atom. The second-order valence-corrected chi connectivity index (χ2v) is 4.38. The second-order valence-electron chi connectivity index (χ2n) is 4.38. The lowest BCUT2D eigenvalue weighted by Crippen LogP contribution is -2.33. The summed E-state index contributed by atoms with van der Waals surface area (Å²) in [5.74, 6) is 1.75. The smallest absolute Gasteiger partial charge is 0.224 e. The number of nitrogens with one attached hydrogen (secondary N) is 1. The lowest BCUT2D eigenvalue weighted by Gasteiger charge is -2.28. The lowest BCUT2D eigenvalue weighted by atomic mass is 10.1. The van der Waals surface area contributed by atoms with Crippen LogP contribution in [-0.4, -0.2) is 29.6 Å². The Morgan fingerprint density at radius 3 is 3.06 bits per heavy atom. The van der Waals surface area contributed by atoms with Crippen molar-refractivity contribution >= 4 is 11.8 Å². The topological polar surface area (TPSA) is 41.1 Å². The molecule has 1 aromatic heterocycles. The van der Waals surface area contributed by atoms with Crippen molar-refractivity contribution in [1.82, 2.24) is 9.97 Å². The van der Waals surface area contributed by atoms with Crippen LogP contribution in [0.3, 0.4) is 0 Å². The lowest BCUT2D eigenvalue weighted by molar-refractivity contribution is 0.611. The molecule has 2 heterocycles. The molecule has 88 valence electrons. The van der Waals surface area contributed by atoms with Gasteiger partial charge in [-0.25, -0.2) is 4.98 Å². The maximum atomic E-state index is 4.51. The highest BCUT2D eigenvalue weighted by Crippen LogP contribution is 2.22. The first-order valence-electron chi connectivity index (χ1n) is 6.08. The van der Waals surface area contributed by atoms with E-state index in [0.717, 1.165) is 12.4 Å². The van der Waals surface area contributed by atoms with E-state index in [1.54, 1.807) is 0 Å². The molecule has 0 radical (unpaired) electrons. The average Bonchev–Trinajstić information content (AvgIpc) is 2.54. The standard InChI is InChI=1S/C12H20N4/c1-10-6-4-3-5-9-16(10)11-7-8-14-12(13-2)15-11/h7-8,10H,3-6,9H2,1-2H3,(H,13,14,15). The molecule has 2 rings (SSSR count). The Bertz CT molecular complexity index is 340. The summed E-state index contributed by atoms with van der Waals surface area (Å²) in [4.78, 5) is 11.1. The van der Waals surface area contributed by atoms with E-state index in [1.807, 2.05) is 19.3 Å². The summed E-state index contributed by atoms with van der Waals surface area (Å²) in [5.41, 5.74) is 0. The zero-order valence-corrected chi connectivity index (χ0v) is 10.1. The van der Waals surface area contributed by atoms with Crippen molar-refractivity contribution in [2.45, 2.75) is 38.6 Å². The summed E-state index contributed by atoms with van der Waals surface area (Å²) in [5, 5.41) is 2.99. The summed E-state index contributed by atoms with van der Waals surface area (Å²) in [7, 11) is 1.85. The van der Waals surface area contributed by atoms with Gasteiger partial charge in [-0.1, -0.05) is 12.8 Å². The normalized spacial score (nSPS) is 21.6. The van der Waals surface area contributed by atoms with Crippen LogP contribution in [0.25, 0.3) is 0 Å². The van der Waals surface area contributed by atoms with Crippen LogP contribution in [0.15, 0.2) is 12.3 Å². The third-order valence-corrected chi connectivity index (χ3v) is 3.21. The molecule has 1 saturated heterocycles. The van der Waals surface area contributed by atoms with E-state index < -0.39 is 0 Å². The van der Waals surface area contributed by atoms with Gasteiger partial charge in [-0.15, -0.1) is 0 Å². The summed E-state index contributed by atoms with van der Waals surface area (Å²) in [6.45, 7) is 3.40. The molecule has 0 bridgehead atoms. The number of nitrogens with zero attached hydrogens (tertiary/aromatic N) is 3. The first kappa shape index (κ1) is 11.2. The molecule has 1 aliphatic rings. The Morgan fingerprint density at radius 1 is 1.38 bits per heavy atom. The Balaban J connectivity index is 2.19. The van der Waals surface area contributed by atoms with Crippen molar-refractivity contribution in [3.63, 3.8) is 0 Å². The van der Waals surface area contributed by atoms with E-state index >= 15 is 0 Å². The highest BCUT2D eigenvalue weighted by molar-refractivity contribution is 5.43. The van der Waals surface area contributed by atoms with E-state index in [2.05, 4.69) is 27.1 Å². The van der Waals surface area contributed by atoms with Gasteiger partial charge in [0.2, 0.25) is 5.95 Å². The monoisotopic (exact) mass is 220 g/mol. The van der Waals surface area contributed by atoms with E-state index in [4.69, 9.17) is 0 Å². The SMILES string of the molecule is CNc1nccc(N2CCCCCC2C)n1. The first-order valence-corrected chi connectivity index (χ1v) is 6.08. The molecule has 0 aromatic carbocycles. The van der Waals surface area contributed by atoms with Crippen LogP contribution in [0.4, 0.5) is 11.8 Å². The highest BCUT2D eigenvalue weighted by atomic mass is 15.2. The van der Waals surface area contributed by atoms with E-state index in [1.165, 1.54) is 25.7 Å². The van der Waals surface area contributed by atoms with Crippen molar-refractivity contribution < 1.29 is 0 Å². The third-order valence-electron chi connectivity index (χ3n) is 3.21. The van der Waals surface area contributed by atoms with Crippen LogP contribution < -0.4 is 10.2 Å². The Hall–Kier alpha value is -1.32. The summed E-state index contributed by atoms with van der Waals surface area (Å²) >= 11 is 0. The van der Waals surface area contributed by atoms with Gasteiger partial charge in [-0.05, 0) is 25.8 Å². The van der Waals surface area contributed by atoms with Crippen LogP contribution in [0.1, 0.15) is 32.6 Å². The van der Waals surface area contributed by atoms with Gasteiger partial charge in [-0.3, -0.25) is 0 Å².